The molecule has 0 spiro atoms. The molecule has 130 valence electrons. The Morgan fingerprint density at radius 1 is 1.16 bits per heavy atom. The molecule has 2 aromatic heterocycles. The molecule has 5 nitrogen and oxygen atoms in total. The summed E-state index contributed by atoms with van der Waals surface area (Å²) in [6.07, 6.45) is 5.76. The van der Waals surface area contributed by atoms with Gasteiger partial charge in [-0.15, -0.1) is 0 Å². The normalized spacial score (nSPS) is 18.8. The monoisotopic (exact) mass is 355 g/mol. The first-order chi connectivity index (χ1) is 12.1. The molecule has 0 N–H and O–H groups in total. The molecule has 4 rings (SSSR count). The SMILES string of the molecule is Cc1ccccc1CC1CCCN1S(=O)(=O)c1cnc2ccccn12. The Bertz CT molecular complexity index is 1010. The molecule has 1 fully saturated rings. The number of nitrogens with zero attached hydrogens (tertiary/aromatic N) is 3. The molecule has 6 heteroatoms. The number of hydrogen-bond donors (Lipinski definition) is 0. The summed E-state index contributed by atoms with van der Waals surface area (Å²) in [5.74, 6) is 0. The lowest BCUT2D eigenvalue weighted by Crippen LogP contribution is -2.37. The van der Waals surface area contributed by atoms with Crippen molar-refractivity contribution in [2.45, 2.75) is 37.3 Å². The van der Waals surface area contributed by atoms with E-state index in [1.807, 2.05) is 30.3 Å². The van der Waals surface area contributed by atoms with Crippen LogP contribution in [-0.4, -0.2) is 34.7 Å². The number of rotatable bonds is 4. The first-order valence-corrected chi connectivity index (χ1v) is 10.00. The van der Waals surface area contributed by atoms with E-state index in [9.17, 15) is 8.42 Å². The van der Waals surface area contributed by atoms with Crippen LogP contribution >= 0.6 is 0 Å². The second-order valence-corrected chi connectivity index (χ2v) is 8.41. The number of fused-ring (bicyclic) bond motifs is 1. The van der Waals surface area contributed by atoms with Gasteiger partial charge in [-0.25, -0.2) is 13.4 Å². The fourth-order valence-electron chi connectivity index (χ4n) is 3.64. The molecule has 1 saturated heterocycles. The summed E-state index contributed by atoms with van der Waals surface area (Å²) in [6.45, 7) is 2.65. The van der Waals surface area contributed by atoms with E-state index < -0.39 is 10.0 Å². The van der Waals surface area contributed by atoms with Gasteiger partial charge in [0.2, 0.25) is 0 Å². The zero-order valence-corrected chi connectivity index (χ0v) is 15.0. The maximum Gasteiger partial charge on any atom is 0.260 e. The van der Waals surface area contributed by atoms with Crippen LogP contribution in [0, 0.1) is 6.92 Å². The van der Waals surface area contributed by atoms with E-state index in [1.165, 1.54) is 17.3 Å². The Morgan fingerprint density at radius 3 is 2.80 bits per heavy atom. The molecule has 1 unspecified atom stereocenters. The fourth-order valence-corrected chi connectivity index (χ4v) is 5.41. The second kappa shape index (κ2) is 6.28. The third kappa shape index (κ3) is 2.85. The van der Waals surface area contributed by atoms with Crippen molar-refractivity contribution in [3.8, 4) is 0 Å². The number of hydrogen-bond acceptors (Lipinski definition) is 3. The van der Waals surface area contributed by atoms with Crippen LogP contribution in [0.25, 0.3) is 5.65 Å². The Labute approximate surface area is 148 Å². The lowest BCUT2D eigenvalue weighted by Gasteiger charge is -2.24. The average molecular weight is 355 g/mol. The number of aryl methyl sites for hydroxylation is 1. The van der Waals surface area contributed by atoms with Crippen molar-refractivity contribution < 1.29 is 8.42 Å². The summed E-state index contributed by atoms with van der Waals surface area (Å²) in [6, 6.07) is 13.7. The zero-order chi connectivity index (χ0) is 17.4. The summed E-state index contributed by atoms with van der Waals surface area (Å²) < 4.78 is 29.8. The van der Waals surface area contributed by atoms with Gasteiger partial charge in [0, 0.05) is 18.8 Å². The quantitative estimate of drug-likeness (QED) is 0.723. The standard InChI is InChI=1S/C19H21N3O2S/c1-15-7-2-3-8-16(15)13-17-9-6-12-22(17)25(23,24)19-14-20-18-10-4-5-11-21(18)19/h2-5,7-8,10-11,14,17H,6,9,12-13H2,1H3. The molecule has 0 saturated carbocycles. The highest BCUT2D eigenvalue weighted by atomic mass is 32.2. The van der Waals surface area contributed by atoms with Gasteiger partial charge in [0.25, 0.3) is 10.0 Å². The van der Waals surface area contributed by atoms with Crippen molar-refractivity contribution in [2.24, 2.45) is 0 Å². The van der Waals surface area contributed by atoms with Gasteiger partial charge in [-0.1, -0.05) is 30.3 Å². The van der Waals surface area contributed by atoms with Gasteiger partial charge in [-0.3, -0.25) is 4.40 Å². The first kappa shape index (κ1) is 16.3. The van der Waals surface area contributed by atoms with E-state index in [1.54, 1.807) is 14.9 Å². The van der Waals surface area contributed by atoms with Crippen LogP contribution in [0.4, 0.5) is 0 Å². The molecular formula is C19H21N3O2S. The van der Waals surface area contributed by atoms with Crippen molar-refractivity contribution in [1.82, 2.24) is 13.7 Å². The van der Waals surface area contributed by atoms with E-state index in [4.69, 9.17) is 0 Å². The molecule has 0 amide bonds. The summed E-state index contributed by atoms with van der Waals surface area (Å²) >= 11 is 0. The summed E-state index contributed by atoms with van der Waals surface area (Å²) in [4.78, 5) is 4.24. The number of aromatic nitrogens is 2. The third-order valence-electron chi connectivity index (χ3n) is 5.00. The van der Waals surface area contributed by atoms with Crippen molar-refractivity contribution in [1.29, 1.82) is 0 Å². The van der Waals surface area contributed by atoms with Gasteiger partial charge in [-0.2, -0.15) is 4.31 Å². The van der Waals surface area contributed by atoms with Crippen molar-refractivity contribution >= 4 is 15.7 Å². The van der Waals surface area contributed by atoms with E-state index in [2.05, 4.69) is 24.0 Å². The van der Waals surface area contributed by atoms with Gasteiger partial charge in [0.05, 0.1) is 6.20 Å². The molecule has 1 aliphatic rings. The molecule has 0 radical (unpaired) electrons. The summed E-state index contributed by atoms with van der Waals surface area (Å²) in [5, 5.41) is 0.250. The third-order valence-corrected chi connectivity index (χ3v) is 6.92. The Balaban J connectivity index is 1.68. The van der Waals surface area contributed by atoms with Crippen LogP contribution < -0.4 is 0 Å². The highest BCUT2D eigenvalue weighted by Gasteiger charge is 2.37. The molecular weight excluding hydrogens is 334 g/mol. The van der Waals surface area contributed by atoms with Crippen LogP contribution in [0.3, 0.4) is 0 Å². The maximum absolute atomic E-state index is 13.3. The Morgan fingerprint density at radius 2 is 1.96 bits per heavy atom. The predicted octanol–water partition coefficient (Wildman–Crippen LogP) is 3.04. The maximum atomic E-state index is 13.3. The summed E-state index contributed by atoms with van der Waals surface area (Å²) in [7, 11) is -3.57. The zero-order valence-electron chi connectivity index (χ0n) is 14.2. The molecule has 3 heterocycles. The van der Waals surface area contributed by atoms with Crippen molar-refractivity contribution in [3.05, 3.63) is 66.0 Å². The summed E-state index contributed by atoms with van der Waals surface area (Å²) in [5.41, 5.74) is 3.07. The first-order valence-electron chi connectivity index (χ1n) is 8.56. The lowest BCUT2D eigenvalue weighted by molar-refractivity contribution is 0.383. The van der Waals surface area contributed by atoms with E-state index in [0.29, 0.717) is 12.2 Å². The van der Waals surface area contributed by atoms with Crippen LogP contribution in [0.15, 0.2) is 59.9 Å². The van der Waals surface area contributed by atoms with Crippen LogP contribution in [0.1, 0.15) is 24.0 Å². The highest BCUT2D eigenvalue weighted by Crippen LogP contribution is 2.29. The van der Waals surface area contributed by atoms with Gasteiger partial charge in [-0.05, 0) is 49.4 Å². The topological polar surface area (TPSA) is 54.7 Å². The van der Waals surface area contributed by atoms with E-state index in [0.717, 1.165) is 19.3 Å². The Kier molecular flexibility index (Phi) is 4.09. The average Bonchev–Trinajstić information content (AvgIpc) is 3.24. The molecule has 0 bridgehead atoms. The van der Waals surface area contributed by atoms with Crippen molar-refractivity contribution in [3.63, 3.8) is 0 Å². The molecule has 3 aromatic rings. The lowest BCUT2D eigenvalue weighted by atomic mass is 10.0. The van der Waals surface area contributed by atoms with E-state index >= 15 is 0 Å². The van der Waals surface area contributed by atoms with Gasteiger partial charge in [0.1, 0.15) is 5.65 Å². The molecule has 1 aromatic carbocycles. The largest absolute Gasteiger partial charge is 0.289 e. The predicted molar refractivity (Wildman–Crippen MR) is 97.0 cm³/mol. The number of sulfonamides is 1. The minimum Gasteiger partial charge on any atom is -0.289 e. The smallest absolute Gasteiger partial charge is 0.260 e. The minimum absolute atomic E-state index is 0.000335. The van der Waals surface area contributed by atoms with Gasteiger partial charge in [0.15, 0.2) is 5.03 Å². The second-order valence-electron chi connectivity index (χ2n) is 6.57. The molecule has 1 aliphatic heterocycles. The number of benzene rings is 1. The fraction of sp³-hybridized carbons (Fsp3) is 0.316. The van der Waals surface area contributed by atoms with Crippen molar-refractivity contribution in [2.75, 3.05) is 6.54 Å². The van der Waals surface area contributed by atoms with E-state index in [-0.39, 0.29) is 11.1 Å². The van der Waals surface area contributed by atoms with Crippen LogP contribution in [0.2, 0.25) is 0 Å². The van der Waals surface area contributed by atoms with Crippen LogP contribution in [-0.2, 0) is 16.4 Å². The van der Waals surface area contributed by atoms with Crippen LogP contribution in [0.5, 0.6) is 0 Å². The van der Waals surface area contributed by atoms with Gasteiger partial charge < -0.3 is 0 Å². The Hall–Kier alpha value is -2.18. The molecule has 25 heavy (non-hydrogen) atoms. The minimum atomic E-state index is -3.57. The number of imidazole rings is 1. The number of pyridine rings is 1. The molecule has 1 atom stereocenters. The van der Waals surface area contributed by atoms with Gasteiger partial charge >= 0.3 is 0 Å². The molecule has 0 aliphatic carbocycles. The highest BCUT2D eigenvalue weighted by molar-refractivity contribution is 7.89.